The molecule has 0 bridgehead atoms. The molecule has 0 aliphatic carbocycles. The highest BCUT2D eigenvalue weighted by molar-refractivity contribution is 7.09. The molecule has 4 aromatic rings. The summed E-state index contributed by atoms with van der Waals surface area (Å²) in [6.45, 7) is 2.98. The van der Waals surface area contributed by atoms with Crippen LogP contribution in [0.15, 0.2) is 64.5 Å². The van der Waals surface area contributed by atoms with Crippen molar-refractivity contribution in [1.29, 1.82) is 0 Å². The molecule has 1 atom stereocenters. The second-order valence-electron chi connectivity index (χ2n) is 5.95. The molecule has 1 aromatic carbocycles. The van der Waals surface area contributed by atoms with E-state index in [2.05, 4.69) is 39.7 Å². The highest BCUT2D eigenvalue weighted by Gasteiger charge is 2.11. The van der Waals surface area contributed by atoms with Crippen molar-refractivity contribution in [2.45, 2.75) is 19.4 Å². The van der Waals surface area contributed by atoms with Crippen LogP contribution in [-0.2, 0) is 6.42 Å². The molecule has 0 spiro atoms. The zero-order valence-corrected chi connectivity index (χ0v) is 14.8. The third-order valence-electron chi connectivity index (χ3n) is 4.14. The molecule has 0 aliphatic rings. The summed E-state index contributed by atoms with van der Waals surface area (Å²) < 4.78 is 5.91. The van der Waals surface area contributed by atoms with Crippen LogP contribution in [0.2, 0.25) is 0 Å². The Bertz CT molecular complexity index is 928. The Morgan fingerprint density at radius 2 is 2.00 bits per heavy atom. The molecule has 25 heavy (non-hydrogen) atoms. The molecule has 1 N–H and O–H groups in total. The Hall–Kier alpha value is -2.50. The number of thiazole rings is 1. The number of furan rings is 1. The van der Waals surface area contributed by atoms with Crippen molar-refractivity contribution in [2.24, 2.45) is 0 Å². The van der Waals surface area contributed by atoms with Crippen LogP contribution in [-0.4, -0.2) is 16.5 Å². The van der Waals surface area contributed by atoms with Crippen LogP contribution in [0.25, 0.3) is 22.4 Å². The number of nitrogens with one attached hydrogen (secondary N) is 1. The first-order chi connectivity index (χ1) is 12.3. The van der Waals surface area contributed by atoms with E-state index in [1.165, 1.54) is 0 Å². The first-order valence-electron chi connectivity index (χ1n) is 8.37. The first kappa shape index (κ1) is 16.0. The number of pyridine rings is 1. The van der Waals surface area contributed by atoms with Gasteiger partial charge in [0.05, 0.1) is 22.4 Å². The van der Waals surface area contributed by atoms with Crippen molar-refractivity contribution in [3.05, 3.63) is 70.9 Å². The molecule has 4 rings (SSSR count). The number of nitrogens with zero attached hydrogens (tertiary/aromatic N) is 2. The Balaban J connectivity index is 1.35. The fourth-order valence-corrected chi connectivity index (χ4v) is 3.56. The van der Waals surface area contributed by atoms with E-state index in [4.69, 9.17) is 4.42 Å². The molecular formula is C20H19N3OS. The van der Waals surface area contributed by atoms with E-state index in [-0.39, 0.29) is 6.04 Å². The van der Waals surface area contributed by atoms with Gasteiger partial charge in [0, 0.05) is 29.9 Å². The van der Waals surface area contributed by atoms with Crippen molar-refractivity contribution in [3.8, 4) is 11.4 Å². The summed E-state index contributed by atoms with van der Waals surface area (Å²) in [6, 6.07) is 16.3. The van der Waals surface area contributed by atoms with Gasteiger partial charge in [-0.25, -0.2) is 4.98 Å². The maximum Gasteiger partial charge on any atom is 0.134 e. The molecule has 0 saturated heterocycles. The molecule has 126 valence electrons. The van der Waals surface area contributed by atoms with E-state index < -0.39 is 0 Å². The molecule has 1 unspecified atom stereocenters. The number of benzene rings is 1. The zero-order valence-electron chi connectivity index (χ0n) is 14.0. The lowest BCUT2D eigenvalue weighted by molar-refractivity contribution is 0.453. The fraction of sp³-hybridized carbons (Fsp3) is 0.200. The van der Waals surface area contributed by atoms with Crippen molar-refractivity contribution >= 4 is 22.3 Å². The van der Waals surface area contributed by atoms with Gasteiger partial charge in [0.2, 0.25) is 0 Å². The summed E-state index contributed by atoms with van der Waals surface area (Å²) in [7, 11) is 0. The van der Waals surface area contributed by atoms with Crippen LogP contribution >= 0.6 is 11.3 Å². The van der Waals surface area contributed by atoms with Crippen molar-refractivity contribution in [3.63, 3.8) is 0 Å². The average Bonchev–Trinajstić information content (AvgIpc) is 3.29. The van der Waals surface area contributed by atoms with Gasteiger partial charge >= 0.3 is 0 Å². The second kappa shape index (κ2) is 7.17. The van der Waals surface area contributed by atoms with Gasteiger partial charge in [-0.3, -0.25) is 4.98 Å². The lowest BCUT2D eigenvalue weighted by Gasteiger charge is -2.10. The molecule has 0 saturated carbocycles. The first-order valence-corrected chi connectivity index (χ1v) is 9.25. The average molecular weight is 349 g/mol. The maximum absolute atomic E-state index is 5.91. The topological polar surface area (TPSA) is 51.0 Å². The number of fused-ring (bicyclic) bond motifs is 1. The van der Waals surface area contributed by atoms with E-state index in [9.17, 15) is 0 Å². The van der Waals surface area contributed by atoms with Gasteiger partial charge < -0.3 is 9.73 Å². The smallest absolute Gasteiger partial charge is 0.134 e. The number of para-hydroxylation sites is 1. The molecular weight excluding hydrogens is 330 g/mol. The van der Waals surface area contributed by atoms with Gasteiger partial charge in [-0.05, 0) is 31.2 Å². The fourth-order valence-electron chi connectivity index (χ4n) is 2.77. The van der Waals surface area contributed by atoms with Gasteiger partial charge in [-0.2, -0.15) is 0 Å². The van der Waals surface area contributed by atoms with Crippen LogP contribution in [0, 0.1) is 0 Å². The summed E-state index contributed by atoms with van der Waals surface area (Å²) in [5, 5.41) is 7.84. The minimum absolute atomic E-state index is 0.169. The Morgan fingerprint density at radius 3 is 2.84 bits per heavy atom. The van der Waals surface area contributed by atoms with E-state index in [1.54, 1.807) is 17.5 Å². The second-order valence-corrected chi connectivity index (χ2v) is 6.90. The van der Waals surface area contributed by atoms with Crippen LogP contribution in [0.3, 0.4) is 0 Å². The van der Waals surface area contributed by atoms with Crippen LogP contribution in [0.5, 0.6) is 0 Å². The van der Waals surface area contributed by atoms with Crippen molar-refractivity contribution < 1.29 is 4.42 Å². The van der Waals surface area contributed by atoms with Gasteiger partial charge in [0.25, 0.3) is 0 Å². The monoisotopic (exact) mass is 349 g/mol. The standard InChI is InChI=1S/C20H19N3OS/c1-14(19-12-15-6-2-3-8-18(15)24-19)21-11-9-20-23-17(13-25-20)16-7-4-5-10-22-16/h2-8,10,12-14,21H,9,11H2,1H3. The van der Waals surface area contributed by atoms with Crippen molar-refractivity contribution in [1.82, 2.24) is 15.3 Å². The molecule has 0 aliphatic heterocycles. The van der Waals surface area contributed by atoms with Gasteiger partial charge in [-0.15, -0.1) is 11.3 Å². The molecule has 0 fully saturated rings. The third kappa shape index (κ3) is 3.62. The normalized spacial score (nSPS) is 12.5. The molecule has 5 heteroatoms. The number of aromatic nitrogens is 2. The lowest BCUT2D eigenvalue weighted by Crippen LogP contribution is -2.20. The van der Waals surface area contributed by atoms with Crippen LogP contribution < -0.4 is 5.32 Å². The Kier molecular flexibility index (Phi) is 4.59. The molecule has 4 nitrogen and oxygen atoms in total. The number of hydrogen-bond acceptors (Lipinski definition) is 5. The predicted octanol–water partition coefficient (Wildman–Crippen LogP) is 4.84. The summed E-state index contributed by atoms with van der Waals surface area (Å²) in [4.78, 5) is 9.02. The van der Waals surface area contributed by atoms with Crippen LogP contribution in [0.1, 0.15) is 23.7 Å². The highest BCUT2D eigenvalue weighted by Crippen LogP contribution is 2.24. The van der Waals surface area contributed by atoms with Gasteiger partial charge in [0.15, 0.2) is 0 Å². The summed E-state index contributed by atoms with van der Waals surface area (Å²) in [6.07, 6.45) is 2.69. The van der Waals surface area contributed by atoms with Gasteiger partial charge in [-0.1, -0.05) is 24.3 Å². The van der Waals surface area contributed by atoms with Crippen molar-refractivity contribution in [2.75, 3.05) is 6.54 Å². The van der Waals surface area contributed by atoms with E-state index in [1.807, 2.05) is 36.4 Å². The summed E-state index contributed by atoms with van der Waals surface area (Å²) >= 11 is 1.68. The highest BCUT2D eigenvalue weighted by atomic mass is 32.1. The van der Waals surface area contributed by atoms with Crippen LogP contribution in [0.4, 0.5) is 0 Å². The van der Waals surface area contributed by atoms with E-state index >= 15 is 0 Å². The predicted molar refractivity (Wildman–Crippen MR) is 102 cm³/mol. The molecule has 3 aromatic heterocycles. The van der Waals surface area contributed by atoms with E-state index in [0.717, 1.165) is 46.1 Å². The third-order valence-corrected chi connectivity index (χ3v) is 5.05. The summed E-state index contributed by atoms with van der Waals surface area (Å²) in [5.41, 5.74) is 2.81. The maximum atomic E-state index is 5.91. The SMILES string of the molecule is CC(NCCc1nc(-c2ccccn2)cs1)c1cc2ccccc2o1. The minimum atomic E-state index is 0.169. The van der Waals surface area contributed by atoms with Gasteiger partial charge in [0.1, 0.15) is 11.3 Å². The number of hydrogen-bond donors (Lipinski definition) is 1. The Labute approximate surface area is 150 Å². The molecule has 0 radical (unpaired) electrons. The molecule has 3 heterocycles. The zero-order chi connectivity index (χ0) is 17.1. The Morgan fingerprint density at radius 1 is 1.12 bits per heavy atom. The number of rotatable bonds is 6. The minimum Gasteiger partial charge on any atom is -0.459 e. The quantitative estimate of drug-likeness (QED) is 0.541. The largest absolute Gasteiger partial charge is 0.459 e. The van der Waals surface area contributed by atoms with E-state index in [0.29, 0.717) is 0 Å². The summed E-state index contributed by atoms with van der Waals surface area (Å²) in [5.74, 6) is 0.967. The lowest BCUT2D eigenvalue weighted by atomic mass is 10.2. The molecule has 0 amide bonds.